The molecular formula is C30H37F3N4O3. The molecule has 1 saturated heterocycles. The molecule has 0 spiro atoms. The number of likely N-dealkylation sites (tertiary alicyclic amines) is 1. The van der Waals surface area contributed by atoms with Crippen LogP contribution in [0, 0.1) is 22.9 Å². The van der Waals surface area contributed by atoms with E-state index in [9.17, 15) is 23.1 Å². The van der Waals surface area contributed by atoms with E-state index in [0.717, 1.165) is 60.5 Å². The number of carboxylic acid groups (broad SMARTS) is 1. The molecule has 2 heterocycles. The molecule has 10 heteroatoms. The zero-order valence-electron chi connectivity index (χ0n) is 23.3. The Morgan fingerprint density at radius 3 is 2.60 bits per heavy atom. The molecule has 2 N–H and O–H groups in total. The van der Waals surface area contributed by atoms with Gasteiger partial charge in [-0.3, -0.25) is 9.78 Å². The highest BCUT2D eigenvalue weighted by Crippen LogP contribution is 2.41. The van der Waals surface area contributed by atoms with Crippen LogP contribution in [0.4, 0.5) is 24.5 Å². The van der Waals surface area contributed by atoms with Crippen LogP contribution in [0.1, 0.15) is 37.7 Å². The predicted octanol–water partition coefficient (Wildman–Crippen LogP) is 5.72. The molecule has 1 aliphatic rings. The summed E-state index contributed by atoms with van der Waals surface area (Å²) in [5.74, 6) is -3.20. The lowest BCUT2D eigenvalue weighted by Gasteiger charge is -2.41. The second-order valence-electron chi connectivity index (χ2n) is 10.8. The van der Waals surface area contributed by atoms with E-state index in [0.29, 0.717) is 32.2 Å². The van der Waals surface area contributed by atoms with Crippen LogP contribution in [0.2, 0.25) is 0 Å². The number of nitrogens with one attached hydrogen (secondary N) is 1. The summed E-state index contributed by atoms with van der Waals surface area (Å²) in [6, 6.07) is 7.31. The van der Waals surface area contributed by atoms with Crippen molar-refractivity contribution >= 4 is 28.2 Å². The quantitative estimate of drug-likeness (QED) is 0.276. The molecule has 0 aliphatic carbocycles. The third-order valence-corrected chi connectivity index (χ3v) is 7.96. The molecule has 4 rings (SSSR count). The van der Waals surface area contributed by atoms with E-state index in [1.54, 1.807) is 7.11 Å². The van der Waals surface area contributed by atoms with Gasteiger partial charge in [-0.15, -0.1) is 0 Å². The molecule has 216 valence electrons. The van der Waals surface area contributed by atoms with Gasteiger partial charge in [0.05, 0.1) is 36.6 Å². The van der Waals surface area contributed by atoms with Gasteiger partial charge in [0.25, 0.3) is 0 Å². The lowest BCUT2D eigenvalue weighted by molar-refractivity contribution is -0.140. The number of aromatic nitrogens is 1. The number of rotatable bonds is 12. The SMILES string of the molecule is COc1ccc2ncc(N(C)C)c(CCCC3(CC(=O)O)CCN(CCNc4cc(F)cc(F)c4F)CC3)c2c1. The number of fused-ring (bicyclic) bond motifs is 1. The van der Waals surface area contributed by atoms with Gasteiger partial charge in [-0.2, -0.15) is 0 Å². The molecule has 0 amide bonds. The Kier molecular flexibility index (Phi) is 9.40. The molecule has 0 atom stereocenters. The van der Waals surface area contributed by atoms with Gasteiger partial charge in [0.2, 0.25) is 0 Å². The highest BCUT2D eigenvalue weighted by atomic mass is 19.2. The van der Waals surface area contributed by atoms with Gasteiger partial charge in [0.1, 0.15) is 11.6 Å². The molecule has 0 radical (unpaired) electrons. The van der Waals surface area contributed by atoms with E-state index in [2.05, 4.69) is 15.2 Å². The standard InChI is InChI=1S/C30H37F3N4O3/c1-36(2)27-19-35-25-7-6-21(40-3)17-23(25)22(27)5-4-8-30(18-28(38)39)9-12-37(13-10-30)14-11-34-26-16-20(31)15-24(32)29(26)33/h6-7,15-17,19,34H,4-5,8-14,18H2,1-3H3,(H,38,39). The molecular weight excluding hydrogens is 521 g/mol. The van der Waals surface area contributed by atoms with Crippen LogP contribution >= 0.6 is 0 Å². The van der Waals surface area contributed by atoms with Crippen molar-refractivity contribution in [2.45, 2.75) is 38.5 Å². The third-order valence-electron chi connectivity index (χ3n) is 7.96. The number of halogens is 3. The zero-order chi connectivity index (χ0) is 28.9. The maximum atomic E-state index is 13.9. The van der Waals surface area contributed by atoms with E-state index in [1.807, 2.05) is 43.4 Å². The normalized spacial score (nSPS) is 15.2. The Labute approximate surface area is 232 Å². The summed E-state index contributed by atoms with van der Waals surface area (Å²) < 4.78 is 46.3. The summed E-state index contributed by atoms with van der Waals surface area (Å²) in [7, 11) is 5.62. The predicted molar refractivity (Wildman–Crippen MR) is 151 cm³/mol. The Bertz CT molecular complexity index is 1340. The van der Waals surface area contributed by atoms with Crippen molar-refractivity contribution < 1.29 is 27.8 Å². The van der Waals surface area contributed by atoms with Crippen LogP contribution in [-0.2, 0) is 11.2 Å². The topological polar surface area (TPSA) is 77.9 Å². The smallest absolute Gasteiger partial charge is 0.303 e. The van der Waals surface area contributed by atoms with Crippen LogP contribution in [-0.4, -0.2) is 68.3 Å². The van der Waals surface area contributed by atoms with Crippen LogP contribution in [0.25, 0.3) is 10.9 Å². The number of hydrogen-bond acceptors (Lipinski definition) is 6. The van der Waals surface area contributed by atoms with Gasteiger partial charge in [0, 0.05) is 44.7 Å². The number of pyridine rings is 1. The van der Waals surface area contributed by atoms with Crippen LogP contribution in [0.3, 0.4) is 0 Å². The van der Waals surface area contributed by atoms with Gasteiger partial charge < -0.3 is 25.0 Å². The first-order valence-electron chi connectivity index (χ1n) is 13.6. The Morgan fingerprint density at radius 2 is 1.93 bits per heavy atom. The van der Waals surface area contributed by atoms with Gasteiger partial charge in [-0.05, 0) is 74.4 Å². The number of anilines is 2. The molecule has 7 nitrogen and oxygen atoms in total. The first kappa shape index (κ1) is 29.5. The van der Waals surface area contributed by atoms with Crippen molar-refractivity contribution in [1.82, 2.24) is 9.88 Å². The number of aryl methyl sites for hydroxylation is 1. The summed E-state index contributed by atoms with van der Waals surface area (Å²) in [5, 5.41) is 13.5. The average Bonchev–Trinajstić information content (AvgIpc) is 2.91. The number of aliphatic carboxylic acids is 1. The molecule has 2 aromatic carbocycles. The molecule has 0 unspecified atom stereocenters. The number of carbonyl (C=O) groups is 1. The van der Waals surface area contributed by atoms with Crippen LogP contribution in [0.15, 0.2) is 36.5 Å². The lowest BCUT2D eigenvalue weighted by Crippen LogP contribution is -2.43. The highest BCUT2D eigenvalue weighted by molar-refractivity contribution is 5.88. The second-order valence-corrected chi connectivity index (χ2v) is 10.8. The minimum absolute atomic E-state index is 0.109. The molecule has 1 aliphatic heterocycles. The van der Waals surface area contributed by atoms with Gasteiger partial charge in [-0.25, -0.2) is 13.2 Å². The maximum absolute atomic E-state index is 13.9. The van der Waals surface area contributed by atoms with Crippen molar-refractivity contribution in [1.29, 1.82) is 0 Å². The fraction of sp³-hybridized carbons (Fsp3) is 0.467. The summed E-state index contributed by atoms with van der Waals surface area (Å²) in [6.45, 7) is 2.27. The largest absolute Gasteiger partial charge is 0.497 e. The fourth-order valence-electron chi connectivity index (χ4n) is 5.75. The van der Waals surface area contributed by atoms with Crippen molar-refractivity contribution in [3.63, 3.8) is 0 Å². The fourth-order valence-corrected chi connectivity index (χ4v) is 5.75. The first-order chi connectivity index (χ1) is 19.1. The van der Waals surface area contributed by atoms with Crippen molar-refractivity contribution in [2.24, 2.45) is 5.41 Å². The summed E-state index contributed by atoms with van der Waals surface area (Å²) >= 11 is 0. The minimum atomic E-state index is -1.23. The monoisotopic (exact) mass is 558 g/mol. The van der Waals surface area contributed by atoms with E-state index in [4.69, 9.17) is 4.74 Å². The highest BCUT2D eigenvalue weighted by Gasteiger charge is 2.36. The molecule has 0 bridgehead atoms. The average molecular weight is 559 g/mol. The van der Waals surface area contributed by atoms with Crippen molar-refractivity contribution in [2.75, 3.05) is 57.6 Å². The molecule has 0 saturated carbocycles. The number of hydrogen-bond donors (Lipinski definition) is 2. The number of carboxylic acids is 1. The lowest BCUT2D eigenvalue weighted by atomic mass is 9.72. The summed E-state index contributed by atoms with van der Waals surface area (Å²) in [4.78, 5) is 20.7. The molecule has 1 aromatic heterocycles. The molecule has 40 heavy (non-hydrogen) atoms. The Balaban J connectivity index is 1.39. The Hall–Kier alpha value is -3.53. The zero-order valence-corrected chi connectivity index (χ0v) is 23.3. The summed E-state index contributed by atoms with van der Waals surface area (Å²) in [6.07, 6.45) is 5.84. The van der Waals surface area contributed by atoms with Crippen LogP contribution in [0.5, 0.6) is 5.75 Å². The van der Waals surface area contributed by atoms with E-state index >= 15 is 0 Å². The number of ether oxygens (including phenoxy) is 1. The van der Waals surface area contributed by atoms with Crippen molar-refractivity contribution in [3.8, 4) is 5.75 Å². The van der Waals surface area contributed by atoms with Crippen molar-refractivity contribution in [3.05, 3.63) is 59.5 Å². The maximum Gasteiger partial charge on any atom is 0.303 e. The third kappa shape index (κ3) is 6.96. The van der Waals surface area contributed by atoms with Crippen LogP contribution < -0.4 is 15.0 Å². The Morgan fingerprint density at radius 1 is 1.18 bits per heavy atom. The van der Waals surface area contributed by atoms with Gasteiger partial charge in [0.15, 0.2) is 11.6 Å². The first-order valence-corrected chi connectivity index (χ1v) is 13.6. The summed E-state index contributed by atoms with van der Waals surface area (Å²) in [5.41, 5.74) is 2.58. The van der Waals surface area contributed by atoms with E-state index in [1.165, 1.54) is 5.56 Å². The number of methoxy groups -OCH3 is 1. The van der Waals surface area contributed by atoms with Gasteiger partial charge >= 0.3 is 5.97 Å². The molecule has 3 aromatic rings. The number of piperidine rings is 1. The second kappa shape index (κ2) is 12.8. The minimum Gasteiger partial charge on any atom is -0.497 e. The van der Waals surface area contributed by atoms with E-state index in [-0.39, 0.29) is 17.5 Å². The number of nitrogens with zero attached hydrogens (tertiary/aromatic N) is 3. The van der Waals surface area contributed by atoms with E-state index < -0.39 is 23.4 Å². The molecule has 1 fully saturated rings. The number of benzene rings is 2. The van der Waals surface area contributed by atoms with Gasteiger partial charge in [-0.1, -0.05) is 0 Å².